The van der Waals surface area contributed by atoms with Crippen molar-refractivity contribution in [3.8, 4) is 11.3 Å². The zero-order valence-electron chi connectivity index (χ0n) is 10.9. The van der Waals surface area contributed by atoms with E-state index < -0.39 is 31.4 Å². The van der Waals surface area contributed by atoms with Crippen LogP contribution in [0.3, 0.4) is 0 Å². The molecule has 0 aliphatic heterocycles. The molecule has 0 saturated heterocycles. The first kappa shape index (κ1) is 15.5. The molecule has 0 saturated carbocycles. The third kappa shape index (κ3) is 2.78. The molecule has 0 fully saturated rings. The summed E-state index contributed by atoms with van der Waals surface area (Å²) in [4.78, 5) is 11.1. The van der Waals surface area contributed by atoms with Crippen LogP contribution in [0.25, 0.3) is 11.3 Å². The van der Waals surface area contributed by atoms with E-state index in [4.69, 9.17) is 5.11 Å². The molecule has 0 spiro atoms. The van der Waals surface area contributed by atoms with Crippen LogP contribution in [0.2, 0.25) is 0 Å². The van der Waals surface area contributed by atoms with E-state index in [0.29, 0.717) is 5.56 Å². The Kier molecular flexibility index (Phi) is 4.62. The van der Waals surface area contributed by atoms with Crippen LogP contribution in [-0.4, -0.2) is 35.5 Å². The number of hydrogen-bond acceptors (Lipinski definition) is 3. The highest BCUT2D eigenvalue weighted by Crippen LogP contribution is 2.31. The smallest absolute Gasteiger partial charge is 0.338 e. The van der Waals surface area contributed by atoms with E-state index in [0.717, 1.165) is 11.5 Å². The SMILES string of the molecule is O=C(O)c1csnc1-c1cccc(C(CF)(CF)CF)c1. The lowest BCUT2D eigenvalue weighted by molar-refractivity contribution is 0.0698. The minimum Gasteiger partial charge on any atom is -0.478 e. The van der Waals surface area contributed by atoms with Crippen LogP contribution in [-0.2, 0) is 5.41 Å². The van der Waals surface area contributed by atoms with Crippen molar-refractivity contribution in [1.29, 1.82) is 0 Å². The predicted octanol–water partition coefficient (Wildman–Crippen LogP) is 3.65. The minimum atomic E-state index is -1.84. The predicted molar refractivity (Wildman–Crippen MR) is 74.1 cm³/mol. The topological polar surface area (TPSA) is 50.2 Å². The summed E-state index contributed by atoms with van der Waals surface area (Å²) in [5.74, 6) is -1.14. The average molecular weight is 315 g/mol. The Morgan fingerprint density at radius 2 is 1.90 bits per heavy atom. The molecule has 1 N–H and O–H groups in total. The van der Waals surface area contributed by atoms with Gasteiger partial charge in [-0.05, 0) is 23.2 Å². The van der Waals surface area contributed by atoms with E-state index >= 15 is 0 Å². The van der Waals surface area contributed by atoms with Crippen LogP contribution in [0.15, 0.2) is 29.6 Å². The summed E-state index contributed by atoms with van der Waals surface area (Å²) in [7, 11) is 0. The summed E-state index contributed by atoms with van der Waals surface area (Å²) < 4.78 is 43.3. The molecule has 1 aromatic heterocycles. The van der Waals surface area contributed by atoms with Gasteiger partial charge in [-0.25, -0.2) is 18.0 Å². The monoisotopic (exact) mass is 315 g/mol. The number of carboxylic acids is 1. The van der Waals surface area contributed by atoms with Gasteiger partial charge in [0.2, 0.25) is 0 Å². The number of rotatable bonds is 6. The van der Waals surface area contributed by atoms with Crippen molar-refractivity contribution in [2.24, 2.45) is 0 Å². The largest absolute Gasteiger partial charge is 0.478 e. The highest BCUT2D eigenvalue weighted by Gasteiger charge is 2.33. The zero-order chi connectivity index (χ0) is 15.5. The summed E-state index contributed by atoms with van der Waals surface area (Å²) in [6.45, 7) is -3.52. The number of halogens is 3. The van der Waals surface area contributed by atoms with E-state index in [1.165, 1.54) is 23.6 Å². The highest BCUT2D eigenvalue weighted by molar-refractivity contribution is 7.04. The maximum Gasteiger partial charge on any atom is 0.338 e. The lowest BCUT2D eigenvalue weighted by Crippen LogP contribution is -2.33. The van der Waals surface area contributed by atoms with Gasteiger partial charge in [0, 0.05) is 10.9 Å². The number of nitrogens with zero attached hydrogens (tertiary/aromatic N) is 1. The van der Waals surface area contributed by atoms with Gasteiger partial charge in [-0.2, -0.15) is 4.37 Å². The van der Waals surface area contributed by atoms with Gasteiger partial charge in [-0.3, -0.25) is 0 Å². The number of alkyl halides is 3. The number of benzene rings is 1. The first-order valence-corrected chi connectivity index (χ1v) is 6.88. The Morgan fingerprint density at radius 3 is 2.48 bits per heavy atom. The summed E-state index contributed by atoms with van der Waals surface area (Å²) >= 11 is 0.967. The Bertz CT molecular complexity index is 632. The lowest BCUT2D eigenvalue weighted by Gasteiger charge is -2.25. The van der Waals surface area contributed by atoms with Crippen molar-refractivity contribution < 1.29 is 23.1 Å². The molecule has 21 heavy (non-hydrogen) atoms. The van der Waals surface area contributed by atoms with Crippen LogP contribution in [0.4, 0.5) is 13.2 Å². The molecule has 3 nitrogen and oxygen atoms in total. The number of carbonyl (C=O) groups is 1. The molecule has 0 aliphatic carbocycles. The van der Waals surface area contributed by atoms with Crippen molar-refractivity contribution in [3.63, 3.8) is 0 Å². The van der Waals surface area contributed by atoms with Gasteiger partial charge in [0.05, 0.1) is 16.7 Å². The van der Waals surface area contributed by atoms with Crippen molar-refractivity contribution in [2.45, 2.75) is 5.41 Å². The summed E-state index contributed by atoms with van der Waals surface area (Å²) in [5.41, 5.74) is -1.08. The Morgan fingerprint density at radius 1 is 1.24 bits per heavy atom. The van der Waals surface area contributed by atoms with Gasteiger partial charge in [0.15, 0.2) is 0 Å². The molecule has 112 valence electrons. The molecule has 0 atom stereocenters. The van der Waals surface area contributed by atoms with Crippen LogP contribution in [0.5, 0.6) is 0 Å². The normalized spacial score (nSPS) is 11.6. The van der Waals surface area contributed by atoms with Crippen molar-refractivity contribution >= 4 is 17.5 Å². The van der Waals surface area contributed by atoms with E-state index in [2.05, 4.69) is 4.37 Å². The van der Waals surface area contributed by atoms with Gasteiger partial charge in [0.25, 0.3) is 0 Å². The minimum absolute atomic E-state index is 0.00324. The van der Waals surface area contributed by atoms with E-state index in [9.17, 15) is 18.0 Å². The van der Waals surface area contributed by atoms with Crippen LogP contribution >= 0.6 is 11.5 Å². The summed E-state index contributed by atoms with van der Waals surface area (Å²) in [6.07, 6.45) is 0. The van der Waals surface area contributed by atoms with Gasteiger partial charge in [-0.1, -0.05) is 18.2 Å². The van der Waals surface area contributed by atoms with Crippen molar-refractivity contribution in [3.05, 3.63) is 40.8 Å². The van der Waals surface area contributed by atoms with Gasteiger partial charge in [-0.15, -0.1) is 0 Å². The molecule has 0 amide bonds. The molecule has 0 unspecified atom stereocenters. The average Bonchev–Trinajstić information content (AvgIpc) is 3.00. The molecule has 1 heterocycles. The lowest BCUT2D eigenvalue weighted by atomic mass is 9.83. The Balaban J connectivity index is 2.51. The first-order chi connectivity index (χ1) is 10.1. The fourth-order valence-electron chi connectivity index (χ4n) is 1.93. The van der Waals surface area contributed by atoms with Crippen LogP contribution in [0.1, 0.15) is 15.9 Å². The van der Waals surface area contributed by atoms with Crippen molar-refractivity contribution in [1.82, 2.24) is 4.37 Å². The summed E-state index contributed by atoms with van der Waals surface area (Å²) in [5, 5.41) is 10.4. The molecular formula is C14H12F3NO2S. The molecule has 1 aromatic carbocycles. The maximum atomic E-state index is 13.1. The standard InChI is InChI=1S/C14H12F3NO2S/c15-6-14(7-16,8-17)10-3-1-2-9(4-10)12-11(13(19)20)5-21-18-12/h1-5H,6-8H2,(H,19,20). The first-order valence-electron chi connectivity index (χ1n) is 6.04. The number of aromatic carboxylic acids is 1. The highest BCUT2D eigenvalue weighted by atomic mass is 32.1. The Labute approximate surface area is 123 Å². The molecule has 0 radical (unpaired) electrons. The fourth-order valence-corrected chi connectivity index (χ4v) is 2.61. The van der Waals surface area contributed by atoms with E-state index in [1.54, 1.807) is 6.07 Å². The van der Waals surface area contributed by atoms with Gasteiger partial charge in [0.1, 0.15) is 20.0 Å². The quantitative estimate of drug-likeness (QED) is 0.885. The zero-order valence-corrected chi connectivity index (χ0v) is 11.7. The second kappa shape index (κ2) is 6.26. The second-order valence-corrected chi connectivity index (χ2v) is 5.27. The third-order valence-corrected chi connectivity index (χ3v) is 3.94. The third-order valence-electron chi connectivity index (χ3n) is 3.32. The number of aromatic nitrogens is 1. The molecule has 2 rings (SSSR count). The van der Waals surface area contributed by atoms with Crippen LogP contribution < -0.4 is 0 Å². The second-order valence-electron chi connectivity index (χ2n) is 4.64. The van der Waals surface area contributed by atoms with E-state index in [1.807, 2.05) is 0 Å². The fraction of sp³-hybridized carbons (Fsp3) is 0.286. The van der Waals surface area contributed by atoms with Crippen molar-refractivity contribution in [2.75, 3.05) is 20.0 Å². The Hall–Kier alpha value is -1.89. The molecular weight excluding hydrogens is 303 g/mol. The molecule has 0 aliphatic rings. The van der Waals surface area contributed by atoms with Gasteiger partial charge >= 0.3 is 5.97 Å². The van der Waals surface area contributed by atoms with Crippen LogP contribution in [0, 0.1) is 0 Å². The number of carboxylic acid groups (broad SMARTS) is 1. The molecule has 0 bridgehead atoms. The maximum absolute atomic E-state index is 13.1. The summed E-state index contributed by atoms with van der Waals surface area (Å²) in [6, 6.07) is 5.89. The number of hydrogen-bond donors (Lipinski definition) is 1. The molecule has 7 heteroatoms. The van der Waals surface area contributed by atoms with Gasteiger partial charge < -0.3 is 5.11 Å². The van der Waals surface area contributed by atoms with E-state index in [-0.39, 0.29) is 16.8 Å². The molecule has 2 aromatic rings.